The third kappa shape index (κ3) is 3.82. The lowest BCUT2D eigenvalue weighted by Gasteiger charge is -2.09. The molecule has 0 spiro atoms. The smallest absolute Gasteiger partial charge is 0.352 e. The number of aromatic nitrogens is 1. The Morgan fingerprint density at radius 2 is 2.04 bits per heavy atom. The van der Waals surface area contributed by atoms with Crippen LogP contribution in [0.15, 0.2) is 18.2 Å². The topological polar surface area (TPSA) is 77.8 Å². The van der Waals surface area contributed by atoms with Crippen molar-refractivity contribution in [2.24, 2.45) is 0 Å². The Morgan fingerprint density at radius 3 is 2.67 bits per heavy atom. The van der Waals surface area contributed by atoms with Crippen LogP contribution in [0.3, 0.4) is 0 Å². The molecule has 1 aromatic carbocycles. The van der Waals surface area contributed by atoms with E-state index < -0.39 is 5.97 Å². The van der Waals surface area contributed by atoms with E-state index >= 15 is 0 Å². The van der Waals surface area contributed by atoms with Crippen LogP contribution in [-0.4, -0.2) is 35.3 Å². The van der Waals surface area contributed by atoms with Crippen LogP contribution in [0.5, 0.6) is 5.75 Å². The van der Waals surface area contributed by atoms with Gasteiger partial charge < -0.3 is 19.1 Å². The van der Waals surface area contributed by atoms with Gasteiger partial charge in [0.05, 0.1) is 24.3 Å². The summed E-state index contributed by atoms with van der Waals surface area (Å²) in [6, 6.07) is 5.05. The molecule has 0 aliphatic rings. The van der Waals surface area contributed by atoms with Gasteiger partial charge in [0.25, 0.3) is 0 Å². The van der Waals surface area contributed by atoms with Gasteiger partial charge in [-0.3, -0.25) is 4.79 Å². The van der Waals surface area contributed by atoms with Crippen molar-refractivity contribution in [3.63, 3.8) is 0 Å². The van der Waals surface area contributed by atoms with Crippen LogP contribution < -0.4 is 4.74 Å². The number of rotatable bonds is 8. The third-order valence-corrected chi connectivity index (χ3v) is 4.13. The van der Waals surface area contributed by atoms with Gasteiger partial charge in [0.2, 0.25) is 0 Å². The van der Waals surface area contributed by atoms with E-state index in [1.54, 1.807) is 29.7 Å². The van der Waals surface area contributed by atoms with Crippen LogP contribution in [-0.2, 0) is 16.1 Å². The van der Waals surface area contributed by atoms with E-state index in [0.717, 1.165) is 5.52 Å². The molecule has 130 valence electrons. The number of benzene rings is 1. The molecule has 0 amide bonds. The number of carboxylic acid groups (broad SMARTS) is 1. The second-order valence-corrected chi connectivity index (χ2v) is 5.64. The molecule has 1 heterocycles. The molecule has 2 aromatic rings. The molecule has 0 unspecified atom stereocenters. The Morgan fingerprint density at radius 1 is 1.29 bits per heavy atom. The average Bonchev–Trinajstić information content (AvgIpc) is 2.92. The largest absolute Gasteiger partial charge is 0.495 e. The first-order chi connectivity index (χ1) is 11.5. The number of carbonyl (C=O) groups excluding carboxylic acids is 1. The molecule has 0 saturated carbocycles. The first kappa shape index (κ1) is 18.1. The molecule has 0 radical (unpaired) electrons. The molecule has 7 heteroatoms. The highest BCUT2D eigenvalue weighted by Crippen LogP contribution is 2.34. The minimum Gasteiger partial charge on any atom is -0.495 e. The first-order valence-electron chi connectivity index (χ1n) is 7.74. The number of methoxy groups -OCH3 is 1. The fourth-order valence-electron chi connectivity index (χ4n) is 2.63. The maximum absolute atomic E-state index is 11.5. The number of aryl methyl sites for hydroxylation is 1. The summed E-state index contributed by atoms with van der Waals surface area (Å²) in [6.45, 7) is 2.61. The second kappa shape index (κ2) is 8.06. The number of carboxylic acids is 1. The molecule has 1 aromatic heterocycles. The van der Waals surface area contributed by atoms with Crippen molar-refractivity contribution in [1.82, 2.24) is 4.57 Å². The summed E-state index contributed by atoms with van der Waals surface area (Å²) >= 11 is 6.28. The molecular formula is C17H20ClNO5. The molecule has 6 nitrogen and oxygen atoms in total. The van der Waals surface area contributed by atoms with E-state index in [1.165, 1.54) is 7.11 Å². The lowest BCUT2D eigenvalue weighted by atomic mass is 10.2. The number of ether oxygens (including phenoxy) is 2. The highest BCUT2D eigenvalue weighted by atomic mass is 35.5. The summed E-state index contributed by atoms with van der Waals surface area (Å²) in [7, 11) is 1.51. The molecule has 0 atom stereocenters. The van der Waals surface area contributed by atoms with Crippen molar-refractivity contribution >= 4 is 34.4 Å². The number of halogens is 1. The van der Waals surface area contributed by atoms with Crippen LogP contribution in [0.1, 0.15) is 36.7 Å². The molecule has 0 aliphatic heterocycles. The number of esters is 1. The molecule has 24 heavy (non-hydrogen) atoms. The summed E-state index contributed by atoms with van der Waals surface area (Å²) in [4.78, 5) is 22.9. The van der Waals surface area contributed by atoms with Crippen molar-refractivity contribution < 1.29 is 24.2 Å². The monoisotopic (exact) mass is 353 g/mol. The number of aromatic carboxylic acids is 1. The number of hydrogen-bond donors (Lipinski definition) is 1. The second-order valence-electron chi connectivity index (χ2n) is 5.26. The summed E-state index contributed by atoms with van der Waals surface area (Å²) in [5, 5.41) is 10.5. The van der Waals surface area contributed by atoms with E-state index in [1.807, 2.05) is 0 Å². The van der Waals surface area contributed by atoms with Crippen LogP contribution in [0, 0.1) is 0 Å². The first-order valence-corrected chi connectivity index (χ1v) is 8.12. The van der Waals surface area contributed by atoms with Crippen molar-refractivity contribution in [2.75, 3.05) is 13.7 Å². The molecule has 0 aliphatic carbocycles. The Bertz CT molecular complexity index is 753. The van der Waals surface area contributed by atoms with Gasteiger partial charge in [-0.15, -0.1) is 0 Å². The molecule has 0 fully saturated rings. The fourth-order valence-corrected chi connectivity index (χ4v) is 2.92. The van der Waals surface area contributed by atoms with Crippen LogP contribution in [0.25, 0.3) is 10.9 Å². The minimum absolute atomic E-state index is 0.163. The number of unbranched alkanes of at least 4 members (excludes halogenated alkanes) is 1. The van der Waals surface area contributed by atoms with Gasteiger partial charge >= 0.3 is 11.9 Å². The zero-order valence-corrected chi connectivity index (χ0v) is 14.4. The van der Waals surface area contributed by atoms with Crippen molar-refractivity contribution in [2.45, 2.75) is 32.7 Å². The lowest BCUT2D eigenvalue weighted by Crippen LogP contribution is -2.09. The van der Waals surface area contributed by atoms with E-state index in [9.17, 15) is 14.7 Å². The fraction of sp³-hybridized carbons (Fsp3) is 0.412. The molecule has 1 N–H and O–H groups in total. The van der Waals surface area contributed by atoms with E-state index in [0.29, 0.717) is 48.6 Å². The van der Waals surface area contributed by atoms with Crippen LogP contribution in [0.4, 0.5) is 0 Å². The highest BCUT2D eigenvalue weighted by Gasteiger charge is 2.18. The van der Waals surface area contributed by atoms with E-state index in [-0.39, 0.29) is 11.7 Å². The number of hydrogen-bond acceptors (Lipinski definition) is 4. The predicted octanol–water partition coefficient (Wildman–Crippen LogP) is 3.73. The Hall–Kier alpha value is -2.21. The quantitative estimate of drug-likeness (QED) is 0.578. The number of carbonyl (C=O) groups is 2. The van der Waals surface area contributed by atoms with Crippen molar-refractivity contribution in [3.05, 3.63) is 28.9 Å². The molecule has 0 saturated heterocycles. The zero-order valence-electron chi connectivity index (χ0n) is 13.7. The normalized spacial score (nSPS) is 10.8. The number of nitrogens with zero attached hydrogens (tertiary/aromatic N) is 1. The Kier molecular flexibility index (Phi) is 6.09. The van der Waals surface area contributed by atoms with E-state index in [4.69, 9.17) is 21.1 Å². The molecule has 0 bridgehead atoms. The zero-order chi connectivity index (χ0) is 17.7. The van der Waals surface area contributed by atoms with Gasteiger partial charge in [-0.25, -0.2) is 4.79 Å². The van der Waals surface area contributed by atoms with Gasteiger partial charge in [-0.2, -0.15) is 0 Å². The molecular weight excluding hydrogens is 334 g/mol. The summed E-state index contributed by atoms with van der Waals surface area (Å²) < 4.78 is 11.8. The predicted molar refractivity (Wildman–Crippen MR) is 90.9 cm³/mol. The SMILES string of the molecule is CCOC(=O)CCCCn1c(C(=O)O)cc2c(Cl)c(OC)ccc21. The Balaban J connectivity index is 2.21. The van der Waals surface area contributed by atoms with Gasteiger partial charge in [0.15, 0.2) is 0 Å². The minimum atomic E-state index is -1.02. The number of fused-ring (bicyclic) bond motifs is 1. The van der Waals surface area contributed by atoms with Gasteiger partial charge in [0.1, 0.15) is 11.4 Å². The molecule has 2 rings (SSSR count). The van der Waals surface area contributed by atoms with Crippen LogP contribution in [0.2, 0.25) is 5.02 Å². The summed E-state index contributed by atoms with van der Waals surface area (Å²) in [5.41, 5.74) is 0.894. The highest BCUT2D eigenvalue weighted by molar-refractivity contribution is 6.37. The third-order valence-electron chi connectivity index (χ3n) is 3.74. The summed E-state index contributed by atoms with van der Waals surface area (Å²) in [6.07, 6.45) is 1.61. The van der Waals surface area contributed by atoms with Gasteiger partial charge in [-0.05, 0) is 38.0 Å². The average molecular weight is 354 g/mol. The maximum atomic E-state index is 11.5. The van der Waals surface area contributed by atoms with E-state index in [2.05, 4.69) is 0 Å². The van der Waals surface area contributed by atoms with Crippen molar-refractivity contribution in [3.8, 4) is 5.75 Å². The standard InChI is InChI=1S/C17H20ClNO5/c1-3-24-15(20)6-4-5-9-19-12-7-8-14(23-2)16(18)11(12)10-13(19)17(21)22/h7-8,10H,3-6,9H2,1-2H3,(H,21,22). The van der Waals surface area contributed by atoms with Gasteiger partial charge in [-0.1, -0.05) is 11.6 Å². The lowest BCUT2D eigenvalue weighted by molar-refractivity contribution is -0.143. The Labute approximate surface area is 144 Å². The summed E-state index contributed by atoms with van der Waals surface area (Å²) in [5.74, 6) is -0.756. The van der Waals surface area contributed by atoms with Crippen LogP contribution >= 0.6 is 11.6 Å². The van der Waals surface area contributed by atoms with Gasteiger partial charge in [0, 0.05) is 18.4 Å². The maximum Gasteiger partial charge on any atom is 0.352 e. The van der Waals surface area contributed by atoms with Crippen molar-refractivity contribution in [1.29, 1.82) is 0 Å².